The van der Waals surface area contributed by atoms with Crippen LogP contribution in [0.25, 0.3) is 11.1 Å². The molecule has 1 atom stereocenters. The number of rotatable bonds is 7. The molecule has 0 bridgehead atoms. The second kappa shape index (κ2) is 13.2. The van der Waals surface area contributed by atoms with Crippen LogP contribution in [0, 0.1) is 5.92 Å². The van der Waals surface area contributed by atoms with Gasteiger partial charge in [-0.2, -0.15) is 0 Å². The molecular weight excluding hydrogens is 518 g/mol. The molecule has 2 N–H and O–H groups in total. The number of ether oxygens (including phenoxy) is 1. The lowest BCUT2D eigenvalue weighted by Crippen LogP contribution is -2.36. The predicted octanol–water partition coefficient (Wildman–Crippen LogP) is 4.64. The van der Waals surface area contributed by atoms with E-state index in [1.54, 1.807) is 13.8 Å². The van der Waals surface area contributed by atoms with Gasteiger partial charge in [-0.25, -0.2) is 17.9 Å². The summed E-state index contributed by atoms with van der Waals surface area (Å²) in [7, 11) is -2.94. The van der Waals surface area contributed by atoms with Gasteiger partial charge >= 0.3 is 6.09 Å². The van der Waals surface area contributed by atoms with Gasteiger partial charge < -0.3 is 14.9 Å². The number of hydrogen-bond donors (Lipinski definition) is 2. The van der Waals surface area contributed by atoms with Crippen LogP contribution in [0.2, 0.25) is 0 Å². The average molecular weight is 558 g/mol. The molecule has 2 aromatic carbocycles. The van der Waals surface area contributed by atoms with Crippen LogP contribution in [0.3, 0.4) is 0 Å². The molecule has 3 aliphatic rings. The van der Waals surface area contributed by atoms with Gasteiger partial charge in [0.1, 0.15) is 24.5 Å². The lowest BCUT2D eigenvalue weighted by molar-refractivity contribution is -0.123. The minimum atomic E-state index is -2.94. The number of nitrogens with one attached hydrogen (secondary N) is 2. The van der Waals surface area contributed by atoms with Crippen LogP contribution in [0.1, 0.15) is 65.5 Å². The summed E-state index contributed by atoms with van der Waals surface area (Å²) in [5, 5.41) is 6.66. The molecule has 0 aromatic heterocycles. The quantitative estimate of drug-likeness (QED) is 0.408. The van der Waals surface area contributed by atoms with Gasteiger partial charge in [0.15, 0.2) is 5.78 Å². The summed E-state index contributed by atoms with van der Waals surface area (Å²) >= 11 is 0. The number of fused-ring (bicyclic) bond motifs is 3. The first-order valence-corrected chi connectivity index (χ1v) is 14.9. The largest absolute Gasteiger partial charge is 0.447 e. The summed E-state index contributed by atoms with van der Waals surface area (Å²) in [6.45, 7) is 11.4. The molecule has 0 radical (unpaired) electrons. The third-order valence-electron chi connectivity index (χ3n) is 5.96. The lowest BCUT2D eigenvalue weighted by atomic mass is 10.0. The summed E-state index contributed by atoms with van der Waals surface area (Å²) in [5.41, 5.74) is 5.71. The Morgan fingerprint density at radius 1 is 0.949 bits per heavy atom. The maximum atomic E-state index is 11.2. The molecule has 9 nitrogen and oxygen atoms in total. The molecule has 212 valence electrons. The van der Waals surface area contributed by atoms with Crippen molar-refractivity contribution in [3.8, 4) is 11.1 Å². The molecule has 2 aromatic rings. The van der Waals surface area contributed by atoms with Crippen LogP contribution >= 0.6 is 0 Å². The molecule has 2 aliphatic carbocycles. The molecule has 1 unspecified atom stereocenters. The zero-order valence-corrected chi connectivity index (χ0v) is 24.2. The summed E-state index contributed by atoms with van der Waals surface area (Å²) in [5.74, 6) is -0.0298. The highest BCUT2D eigenvalue weighted by molar-refractivity contribution is 7.90. The van der Waals surface area contributed by atoms with E-state index in [0.717, 1.165) is 29.7 Å². The number of amides is 1. The van der Waals surface area contributed by atoms with Gasteiger partial charge in [0, 0.05) is 23.1 Å². The van der Waals surface area contributed by atoms with E-state index in [0.29, 0.717) is 0 Å². The van der Waals surface area contributed by atoms with E-state index in [2.05, 4.69) is 56.3 Å². The number of cyclic esters (lactones) is 1. The zero-order chi connectivity index (χ0) is 28.7. The topological polar surface area (TPSA) is 123 Å². The summed E-state index contributed by atoms with van der Waals surface area (Å²) in [4.78, 5) is 27.1. The molecule has 5 rings (SSSR count). The standard InChI is InChI=1S/C16H15NO.C7H11NO3.C6H13NO2S/c1-11(2)18-17-16-14-9-5-3-7-12(14)13-8-4-6-10-15(13)16;1-4(2)6(9)5-3-11-7(10)8-5;1-5(2)7-10(8,9)6-3-4-6/h3-11H,1-2H3;4-5H,3H2,1-2H3,(H,8,10);5-7H,3-4H2,1-2H3. The van der Waals surface area contributed by atoms with Crippen molar-refractivity contribution in [3.05, 3.63) is 59.7 Å². The number of nitrogens with zero attached hydrogens (tertiary/aromatic N) is 1. The number of carbonyl (C=O) groups is 2. The van der Waals surface area contributed by atoms with E-state index in [1.165, 1.54) is 11.1 Å². The van der Waals surface area contributed by atoms with Crippen molar-refractivity contribution in [1.29, 1.82) is 0 Å². The van der Waals surface area contributed by atoms with Crippen LogP contribution in [-0.4, -0.2) is 56.1 Å². The molecule has 39 heavy (non-hydrogen) atoms. The number of hydrogen-bond acceptors (Lipinski definition) is 7. The van der Waals surface area contributed by atoms with Gasteiger partial charge in [0.2, 0.25) is 10.0 Å². The Morgan fingerprint density at radius 3 is 1.85 bits per heavy atom. The van der Waals surface area contributed by atoms with Gasteiger partial charge in [0.05, 0.1) is 5.25 Å². The molecule has 1 heterocycles. The Balaban J connectivity index is 0.000000173. The highest BCUT2D eigenvalue weighted by Crippen LogP contribution is 2.36. The van der Waals surface area contributed by atoms with Gasteiger partial charge in [0.25, 0.3) is 0 Å². The molecule has 1 saturated heterocycles. The second-order valence-electron chi connectivity index (χ2n) is 10.6. The van der Waals surface area contributed by atoms with E-state index < -0.39 is 22.2 Å². The maximum absolute atomic E-state index is 11.2. The van der Waals surface area contributed by atoms with Crippen molar-refractivity contribution in [2.75, 3.05) is 6.61 Å². The monoisotopic (exact) mass is 557 g/mol. The number of ketones is 1. The highest BCUT2D eigenvalue weighted by Gasteiger charge is 2.35. The van der Waals surface area contributed by atoms with Crippen molar-refractivity contribution < 1.29 is 27.6 Å². The minimum absolute atomic E-state index is 0.0239. The summed E-state index contributed by atoms with van der Waals surface area (Å²) in [6.07, 6.45) is 1.27. The van der Waals surface area contributed by atoms with E-state index in [4.69, 9.17) is 4.84 Å². The molecule has 10 heteroatoms. The Hall–Kier alpha value is -3.24. The molecule has 0 spiro atoms. The molecule has 1 saturated carbocycles. The molecule has 2 fully saturated rings. The first kappa shape index (κ1) is 30.3. The van der Waals surface area contributed by atoms with Crippen molar-refractivity contribution >= 4 is 27.6 Å². The smallest absolute Gasteiger partial charge is 0.407 e. The van der Waals surface area contributed by atoms with Crippen LogP contribution < -0.4 is 10.0 Å². The van der Waals surface area contributed by atoms with Gasteiger partial charge in [-0.05, 0) is 51.7 Å². The average Bonchev–Trinajstić information content (AvgIpc) is 3.59. The second-order valence-corrected chi connectivity index (χ2v) is 12.5. The Labute approximate surface area is 231 Å². The number of alkyl carbamates (subject to hydrolysis) is 1. The highest BCUT2D eigenvalue weighted by atomic mass is 32.2. The van der Waals surface area contributed by atoms with E-state index in [9.17, 15) is 18.0 Å². The van der Waals surface area contributed by atoms with Crippen LogP contribution in [0.4, 0.5) is 4.79 Å². The summed E-state index contributed by atoms with van der Waals surface area (Å²) < 4.78 is 29.3. The lowest BCUT2D eigenvalue weighted by Gasteiger charge is -2.07. The van der Waals surface area contributed by atoms with Crippen molar-refractivity contribution in [3.63, 3.8) is 0 Å². The zero-order valence-electron chi connectivity index (χ0n) is 23.4. The Morgan fingerprint density at radius 2 is 1.46 bits per heavy atom. The van der Waals surface area contributed by atoms with Crippen molar-refractivity contribution in [2.45, 2.75) is 77.8 Å². The molecular formula is C29H39N3O6S. The van der Waals surface area contributed by atoms with E-state index >= 15 is 0 Å². The normalized spacial score (nSPS) is 17.3. The SMILES string of the molecule is CC(C)C(=O)C1COC(=O)N1.CC(C)NS(=O)(=O)C1CC1.CC(C)ON=C1c2ccccc2-c2ccccc21. The summed E-state index contributed by atoms with van der Waals surface area (Å²) in [6, 6.07) is 16.2. The fourth-order valence-corrected chi connectivity index (χ4v) is 5.60. The third kappa shape index (κ3) is 8.37. The van der Waals surface area contributed by atoms with Crippen LogP contribution in [0.5, 0.6) is 0 Å². The van der Waals surface area contributed by atoms with Gasteiger partial charge in [-0.3, -0.25) is 4.79 Å². The fourth-order valence-electron chi connectivity index (χ4n) is 3.99. The first-order valence-electron chi connectivity index (χ1n) is 13.3. The molecule has 1 amide bonds. The number of oxime groups is 1. The van der Waals surface area contributed by atoms with Crippen LogP contribution in [0.15, 0.2) is 53.7 Å². The van der Waals surface area contributed by atoms with E-state index in [1.807, 2.05) is 39.8 Å². The number of benzene rings is 2. The molecule has 1 aliphatic heterocycles. The minimum Gasteiger partial charge on any atom is -0.447 e. The fraction of sp³-hybridized carbons (Fsp3) is 0.483. The Bertz CT molecular complexity index is 1250. The van der Waals surface area contributed by atoms with Gasteiger partial charge in [-0.1, -0.05) is 67.5 Å². The number of Topliss-reactive ketones (excluding diaryl/α,β-unsaturated/α-hetero) is 1. The first-order chi connectivity index (χ1) is 18.4. The number of carbonyl (C=O) groups excluding carboxylic acids is 2. The van der Waals surface area contributed by atoms with Crippen LogP contribution in [-0.2, 0) is 24.4 Å². The number of sulfonamides is 1. The third-order valence-corrected chi connectivity index (χ3v) is 8.11. The predicted molar refractivity (Wildman–Crippen MR) is 152 cm³/mol. The maximum Gasteiger partial charge on any atom is 0.407 e. The van der Waals surface area contributed by atoms with Crippen molar-refractivity contribution in [2.24, 2.45) is 11.1 Å². The van der Waals surface area contributed by atoms with Gasteiger partial charge in [-0.15, -0.1) is 0 Å². The van der Waals surface area contributed by atoms with Crippen molar-refractivity contribution in [1.82, 2.24) is 10.0 Å². The Kier molecular flexibility index (Phi) is 10.3. The van der Waals surface area contributed by atoms with E-state index in [-0.39, 0.29) is 35.7 Å².